The Kier molecular flexibility index (Phi) is 8.77. The van der Waals surface area contributed by atoms with Crippen LogP contribution in [0.15, 0.2) is 66.3 Å². The molecule has 3 atom stereocenters. The third-order valence-electron chi connectivity index (χ3n) is 7.04. The zero-order chi connectivity index (χ0) is 26.5. The quantitative estimate of drug-likeness (QED) is 0.502. The topological polar surface area (TPSA) is 78.7 Å². The van der Waals surface area contributed by atoms with Crippen LogP contribution in [0.2, 0.25) is 0 Å². The first kappa shape index (κ1) is 27.0. The van der Waals surface area contributed by atoms with Gasteiger partial charge in [0, 0.05) is 50.4 Å². The van der Waals surface area contributed by atoms with Gasteiger partial charge in [-0.2, -0.15) is 0 Å². The number of rotatable bonds is 8. The van der Waals surface area contributed by atoms with E-state index in [1.807, 2.05) is 25.2 Å². The van der Waals surface area contributed by atoms with Crippen molar-refractivity contribution in [3.05, 3.63) is 77.4 Å². The molecule has 1 saturated heterocycles. The van der Waals surface area contributed by atoms with Gasteiger partial charge < -0.3 is 11.1 Å². The lowest BCUT2D eigenvalue weighted by Gasteiger charge is -2.40. The Morgan fingerprint density at radius 1 is 1.16 bits per heavy atom. The largest absolute Gasteiger partial charge is 0.368 e. The second-order valence-electron chi connectivity index (χ2n) is 10.9. The smallest absolute Gasteiger partial charge is 0.235 e. The van der Waals surface area contributed by atoms with Gasteiger partial charge in [0.1, 0.15) is 17.8 Å². The van der Waals surface area contributed by atoms with Gasteiger partial charge in [-0.3, -0.25) is 19.4 Å². The number of benzene rings is 1. The van der Waals surface area contributed by atoms with Gasteiger partial charge in [0.25, 0.3) is 0 Å². The Bertz CT molecular complexity index is 1110. The van der Waals surface area contributed by atoms with E-state index in [1.54, 1.807) is 4.90 Å². The number of fused-ring (bicyclic) bond motifs is 1. The lowest BCUT2D eigenvalue weighted by atomic mass is 9.88. The SMILES string of the molecule is CC(C)CN(Cc1ccc(C2=CCC(N3C(=O)CC(=O)C4CCC(F)=CNC43)=CC=C2)cc1)C[C@H](C)N. The van der Waals surface area contributed by atoms with Gasteiger partial charge in [0.15, 0.2) is 0 Å². The summed E-state index contributed by atoms with van der Waals surface area (Å²) in [6.07, 6.45) is 9.78. The van der Waals surface area contributed by atoms with E-state index in [2.05, 4.69) is 54.4 Å². The number of hydrogen-bond acceptors (Lipinski definition) is 5. The standard InChI is InChI=1S/C30H39FN4O2/c1-20(2)17-34(18-21(3)32)19-22-7-9-24(10-8-22)23-5-4-6-26(13-11-23)35-29(37)15-28(36)27-14-12-25(31)16-33-30(27)35/h4-11,16,20-21,27,30,33H,12-15,17-19,32H2,1-3H3/t21-,27?,30?/m0/s1. The second-order valence-corrected chi connectivity index (χ2v) is 10.9. The van der Waals surface area contributed by atoms with E-state index < -0.39 is 12.1 Å². The average Bonchev–Trinajstić information content (AvgIpc) is 3.18. The van der Waals surface area contributed by atoms with E-state index in [9.17, 15) is 14.0 Å². The molecule has 1 amide bonds. The van der Waals surface area contributed by atoms with Crippen molar-refractivity contribution in [2.45, 2.75) is 65.2 Å². The number of carbonyl (C=O) groups is 2. The molecule has 3 N–H and O–H groups in total. The number of Topliss-reactive ketones (excluding diaryl/α,β-unsaturated/α-hetero) is 1. The maximum atomic E-state index is 13.9. The molecule has 0 bridgehead atoms. The molecule has 0 aromatic heterocycles. The molecule has 2 aliphatic heterocycles. The highest BCUT2D eigenvalue weighted by molar-refractivity contribution is 6.02. The van der Waals surface area contributed by atoms with Crippen LogP contribution >= 0.6 is 0 Å². The summed E-state index contributed by atoms with van der Waals surface area (Å²) in [4.78, 5) is 29.5. The summed E-state index contributed by atoms with van der Waals surface area (Å²) >= 11 is 0. The summed E-state index contributed by atoms with van der Waals surface area (Å²) in [7, 11) is 0. The Labute approximate surface area is 219 Å². The lowest BCUT2D eigenvalue weighted by Crippen LogP contribution is -2.57. The van der Waals surface area contributed by atoms with Crippen LogP contribution in [0.4, 0.5) is 4.39 Å². The summed E-state index contributed by atoms with van der Waals surface area (Å²) in [5, 5.41) is 3.00. The number of nitrogens with one attached hydrogen (secondary N) is 1. The summed E-state index contributed by atoms with van der Waals surface area (Å²) < 4.78 is 13.9. The Morgan fingerprint density at radius 2 is 1.92 bits per heavy atom. The van der Waals surface area contributed by atoms with Crippen LogP contribution in [0, 0.1) is 11.8 Å². The number of halogens is 1. The third kappa shape index (κ3) is 6.84. The van der Waals surface area contributed by atoms with Gasteiger partial charge in [-0.25, -0.2) is 4.39 Å². The van der Waals surface area contributed by atoms with E-state index in [4.69, 9.17) is 5.73 Å². The third-order valence-corrected chi connectivity index (χ3v) is 7.04. The van der Waals surface area contributed by atoms with Gasteiger partial charge in [0.2, 0.25) is 5.91 Å². The van der Waals surface area contributed by atoms with Crippen molar-refractivity contribution in [1.82, 2.24) is 15.1 Å². The number of carbonyl (C=O) groups excluding carboxylic acids is 2. The zero-order valence-corrected chi connectivity index (χ0v) is 22.1. The van der Waals surface area contributed by atoms with Gasteiger partial charge in [0.05, 0.1) is 12.3 Å². The lowest BCUT2D eigenvalue weighted by molar-refractivity contribution is -0.145. The fraction of sp³-hybridized carbons (Fsp3) is 0.467. The minimum atomic E-state index is -0.555. The first-order valence-electron chi connectivity index (χ1n) is 13.3. The van der Waals surface area contributed by atoms with Crippen molar-refractivity contribution in [2.24, 2.45) is 17.6 Å². The maximum absolute atomic E-state index is 13.9. The predicted molar refractivity (Wildman–Crippen MR) is 145 cm³/mol. The van der Waals surface area contributed by atoms with Crippen LogP contribution in [-0.2, 0) is 16.1 Å². The fourth-order valence-corrected chi connectivity index (χ4v) is 5.46. The normalized spacial score (nSPS) is 23.1. The number of likely N-dealkylation sites (tertiary alicyclic amines) is 1. The summed E-state index contributed by atoms with van der Waals surface area (Å²) in [5.74, 6) is -0.489. The number of piperidine rings is 1. The molecule has 1 aromatic rings. The fourth-order valence-electron chi connectivity index (χ4n) is 5.46. The number of hydrogen-bond donors (Lipinski definition) is 2. The van der Waals surface area contributed by atoms with Crippen LogP contribution < -0.4 is 11.1 Å². The number of ketones is 1. The first-order valence-corrected chi connectivity index (χ1v) is 13.3. The molecule has 7 heteroatoms. The molecule has 0 saturated carbocycles. The highest BCUT2D eigenvalue weighted by Gasteiger charge is 2.43. The second kappa shape index (κ2) is 12.0. The van der Waals surface area contributed by atoms with Gasteiger partial charge in [-0.05, 0) is 42.0 Å². The van der Waals surface area contributed by atoms with E-state index in [1.165, 1.54) is 11.8 Å². The molecule has 2 heterocycles. The van der Waals surface area contributed by atoms with E-state index in [0.29, 0.717) is 18.8 Å². The van der Waals surface area contributed by atoms with Crippen molar-refractivity contribution in [3.63, 3.8) is 0 Å². The molecular weight excluding hydrogens is 467 g/mol. The number of nitrogens with zero attached hydrogens (tertiary/aromatic N) is 2. The van der Waals surface area contributed by atoms with Crippen LogP contribution in [0.3, 0.4) is 0 Å². The van der Waals surface area contributed by atoms with E-state index in [-0.39, 0.29) is 36.4 Å². The van der Waals surface area contributed by atoms with E-state index >= 15 is 0 Å². The molecule has 3 aliphatic rings. The molecule has 6 nitrogen and oxygen atoms in total. The molecule has 37 heavy (non-hydrogen) atoms. The summed E-state index contributed by atoms with van der Waals surface area (Å²) in [5.41, 5.74) is 10.3. The van der Waals surface area contributed by atoms with Crippen molar-refractivity contribution in [1.29, 1.82) is 0 Å². The number of allylic oxidation sites excluding steroid dienone is 6. The molecule has 2 unspecified atom stereocenters. The Hall–Kier alpha value is -3.03. The average molecular weight is 507 g/mol. The molecule has 0 radical (unpaired) electrons. The Balaban J connectivity index is 1.47. The van der Waals surface area contributed by atoms with Crippen LogP contribution in [-0.4, -0.2) is 46.8 Å². The maximum Gasteiger partial charge on any atom is 0.235 e. The minimum absolute atomic E-state index is 0.115. The first-order chi connectivity index (χ1) is 17.7. The monoisotopic (exact) mass is 506 g/mol. The van der Waals surface area contributed by atoms with Crippen LogP contribution in [0.1, 0.15) is 57.6 Å². The molecule has 4 rings (SSSR count). The number of nitrogens with two attached hydrogens (primary N) is 1. The van der Waals surface area contributed by atoms with Gasteiger partial charge in [-0.1, -0.05) is 56.3 Å². The minimum Gasteiger partial charge on any atom is -0.368 e. The molecular formula is C30H39FN4O2. The molecule has 198 valence electrons. The van der Waals surface area contributed by atoms with Gasteiger partial charge in [-0.15, -0.1) is 0 Å². The molecule has 1 aromatic carbocycles. The molecule has 1 fully saturated rings. The Morgan fingerprint density at radius 3 is 2.62 bits per heavy atom. The van der Waals surface area contributed by atoms with Crippen LogP contribution in [0.25, 0.3) is 5.57 Å². The molecule has 0 spiro atoms. The molecule has 1 aliphatic carbocycles. The number of amides is 1. The van der Waals surface area contributed by atoms with Crippen molar-refractivity contribution < 1.29 is 14.0 Å². The van der Waals surface area contributed by atoms with Crippen molar-refractivity contribution >= 4 is 17.3 Å². The van der Waals surface area contributed by atoms with Gasteiger partial charge >= 0.3 is 0 Å². The van der Waals surface area contributed by atoms with Crippen molar-refractivity contribution in [3.8, 4) is 0 Å². The highest BCUT2D eigenvalue weighted by atomic mass is 19.1. The highest BCUT2D eigenvalue weighted by Crippen LogP contribution is 2.33. The zero-order valence-electron chi connectivity index (χ0n) is 22.1. The summed E-state index contributed by atoms with van der Waals surface area (Å²) in [6.45, 7) is 9.22. The van der Waals surface area contributed by atoms with Crippen LogP contribution in [0.5, 0.6) is 0 Å². The van der Waals surface area contributed by atoms with E-state index in [0.717, 1.165) is 36.5 Å². The summed E-state index contributed by atoms with van der Waals surface area (Å²) in [6, 6.07) is 8.73. The van der Waals surface area contributed by atoms with Crippen molar-refractivity contribution in [2.75, 3.05) is 13.1 Å². The predicted octanol–water partition coefficient (Wildman–Crippen LogP) is 4.66.